The third-order valence-corrected chi connectivity index (χ3v) is 10.3. The van der Waals surface area contributed by atoms with Crippen LogP contribution in [0, 0.1) is 5.92 Å². The van der Waals surface area contributed by atoms with Crippen molar-refractivity contribution in [1.29, 1.82) is 0 Å². The Morgan fingerprint density at radius 3 is 1.94 bits per heavy atom. The molecule has 0 radical (unpaired) electrons. The van der Waals surface area contributed by atoms with Crippen molar-refractivity contribution in [3.05, 3.63) is 192 Å². The molecule has 232 valence electrons. The van der Waals surface area contributed by atoms with Gasteiger partial charge in [-0.2, -0.15) is 0 Å². The molecule has 5 aromatic carbocycles. The van der Waals surface area contributed by atoms with E-state index in [1.54, 1.807) is 0 Å². The Labute approximate surface area is 284 Å². The lowest BCUT2D eigenvalue weighted by Gasteiger charge is -2.43. The van der Waals surface area contributed by atoms with Crippen molar-refractivity contribution in [1.82, 2.24) is 9.97 Å². The molecule has 0 saturated carbocycles. The van der Waals surface area contributed by atoms with E-state index >= 15 is 0 Å². The summed E-state index contributed by atoms with van der Waals surface area (Å²) in [5.41, 5.74) is 9.23. The largest absolute Gasteiger partial charge is 0.456 e. The molecule has 0 saturated heterocycles. The number of hydrogen-bond acceptors (Lipinski definition) is 4. The molecule has 0 bridgehead atoms. The van der Waals surface area contributed by atoms with E-state index in [4.69, 9.17) is 19.1 Å². The molecule has 4 heteroatoms. The third-order valence-electron chi connectivity index (χ3n) is 10.3. The van der Waals surface area contributed by atoms with Crippen molar-refractivity contribution in [3.63, 3.8) is 0 Å². The van der Waals surface area contributed by atoms with E-state index in [0.717, 1.165) is 45.1 Å². The minimum absolute atomic E-state index is 0.201. The van der Waals surface area contributed by atoms with Crippen LogP contribution in [0.5, 0.6) is 11.5 Å². The molecule has 1 aliphatic heterocycles. The number of para-hydroxylation sites is 2. The molecule has 2 aromatic heterocycles. The summed E-state index contributed by atoms with van der Waals surface area (Å²) < 4.78 is 13.6. The SMILES string of the molecule is C1=CC2c3ccccc3C3(c4ccccc4Oc4c(-c5ccc(-c6nc(-c7ccccc7)cc(-c7ccccc7)n6)o5)cccc43)C2C=C1. The Morgan fingerprint density at radius 2 is 1.16 bits per heavy atom. The Kier molecular flexibility index (Phi) is 6.18. The van der Waals surface area contributed by atoms with E-state index < -0.39 is 5.41 Å². The van der Waals surface area contributed by atoms with Crippen LogP contribution in [0.25, 0.3) is 45.4 Å². The van der Waals surface area contributed by atoms with Gasteiger partial charge in [-0.3, -0.25) is 0 Å². The van der Waals surface area contributed by atoms with Gasteiger partial charge < -0.3 is 9.15 Å². The van der Waals surface area contributed by atoms with Crippen LogP contribution in [-0.2, 0) is 5.41 Å². The molecule has 4 nitrogen and oxygen atoms in total. The van der Waals surface area contributed by atoms with E-state index in [-0.39, 0.29) is 11.8 Å². The average molecular weight is 631 g/mol. The number of nitrogens with zero attached hydrogens (tertiary/aromatic N) is 2. The Balaban J connectivity index is 1.15. The van der Waals surface area contributed by atoms with Crippen molar-refractivity contribution in [2.75, 3.05) is 0 Å². The summed E-state index contributed by atoms with van der Waals surface area (Å²) in [6.45, 7) is 0. The van der Waals surface area contributed by atoms with Gasteiger partial charge in [0.1, 0.15) is 17.3 Å². The summed E-state index contributed by atoms with van der Waals surface area (Å²) in [6, 6.07) is 50.3. The van der Waals surface area contributed by atoms with Gasteiger partial charge in [-0.15, -0.1) is 0 Å². The Morgan fingerprint density at radius 1 is 0.531 bits per heavy atom. The highest BCUT2D eigenvalue weighted by Crippen LogP contribution is 2.65. The van der Waals surface area contributed by atoms with Gasteiger partial charge in [0.2, 0.25) is 0 Å². The van der Waals surface area contributed by atoms with Gasteiger partial charge in [0.25, 0.3) is 0 Å². The van der Waals surface area contributed by atoms with Crippen molar-refractivity contribution in [2.45, 2.75) is 11.3 Å². The first kappa shape index (κ1) is 27.8. The Hall–Kier alpha value is -6.26. The zero-order valence-electron chi connectivity index (χ0n) is 26.5. The zero-order chi connectivity index (χ0) is 32.4. The number of allylic oxidation sites excluding steroid dienone is 4. The molecule has 3 unspecified atom stereocenters. The molecule has 1 spiro atoms. The molecule has 0 amide bonds. The van der Waals surface area contributed by atoms with Crippen LogP contribution in [0.15, 0.2) is 174 Å². The lowest BCUT2D eigenvalue weighted by Crippen LogP contribution is -2.37. The topological polar surface area (TPSA) is 48.2 Å². The number of benzene rings is 5. The second-order valence-electron chi connectivity index (χ2n) is 12.9. The van der Waals surface area contributed by atoms with Crippen LogP contribution in [0.4, 0.5) is 0 Å². The fourth-order valence-corrected chi connectivity index (χ4v) is 8.26. The van der Waals surface area contributed by atoms with Gasteiger partial charge in [-0.05, 0) is 41.5 Å². The molecule has 0 fully saturated rings. The molecule has 7 aromatic rings. The lowest BCUT2D eigenvalue weighted by molar-refractivity contribution is 0.374. The third kappa shape index (κ3) is 4.17. The van der Waals surface area contributed by atoms with Gasteiger partial charge >= 0.3 is 0 Å². The quantitative estimate of drug-likeness (QED) is 0.194. The first-order valence-corrected chi connectivity index (χ1v) is 16.7. The van der Waals surface area contributed by atoms with Crippen LogP contribution in [-0.4, -0.2) is 9.97 Å². The smallest absolute Gasteiger partial charge is 0.196 e. The Bertz CT molecular complexity index is 2380. The maximum Gasteiger partial charge on any atom is 0.196 e. The highest BCUT2D eigenvalue weighted by Gasteiger charge is 2.56. The number of hydrogen-bond donors (Lipinski definition) is 0. The second kappa shape index (κ2) is 10.9. The fraction of sp³-hybridized carbons (Fsp3) is 0.0667. The highest BCUT2D eigenvalue weighted by molar-refractivity contribution is 5.79. The molecule has 0 N–H and O–H groups in total. The molecule has 49 heavy (non-hydrogen) atoms. The minimum Gasteiger partial charge on any atom is -0.456 e. The zero-order valence-corrected chi connectivity index (χ0v) is 26.5. The molecular formula is C45H30N2O2. The summed E-state index contributed by atoms with van der Waals surface area (Å²) in [6.07, 6.45) is 9.12. The monoisotopic (exact) mass is 630 g/mol. The summed E-state index contributed by atoms with van der Waals surface area (Å²) in [5, 5.41) is 0. The van der Waals surface area contributed by atoms with Gasteiger partial charge in [-0.1, -0.05) is 140 Å². The van der Waals surface area contributed by atoms with E-state index in [1.165, 1.54) is 16.7 Å². The highest BCUT2D eigenvalue weighted by atomic mass is 16.5. The predicted molar refractivity (Wildman–Crippen MR) is 193 cm³/mol. The number of aromatic nitrogens is 2. The first-order valence-electron chi connectivity index (χ1n) is 16.7. The van der Waals surface area contributed by atoms with Crippen molar-refractivity contribution in [2.24, 2.45) is 5.92 Å². The van der Waals surface area contributed by atoms with Crippen molar-refractivity contribution >= 4 is 0 Å². The van der Waals surface area contributed by atoms with Crippen molar-refractivity contribution in [3.8, 4) is 56.9 Å². The van der Waals surface area contributed by atoms with Gasteiger partial charge in [0.05, 0.1) is 22.4 Å². The van der Waals surface area contributed by atoms with Crippen LogP contribution < -0.4 is 4.74 Å². The maximum atomic E-state index is 6.88. The van der Waals surface area contributed by atoms with E-state index in [0.29, 0.717) is 17.3 Å². The van der Waals surface area contributed by atoms with Crippen LogP contribution in [0.1, 0.15) is 28.2 Å². The summed E-state index contributed by atoms with van der Waals surface area (Å²) in [5.74, 6) is 4.01. The fourth-order valence-electron chi connectivity index (χ4n) is 8.26. The molecular weight excluding hydrogens is 601 g/mol. The number of fused-ring (bicyclic) bond motifs is 9. The second-order valence-corrected chi connectivity index (χ2v) is 12.9. The molecule has 3 heterocycles. The predicted octanol–water partition coefficient (Wildman–Crippen LogP) is 11.0. The molecule has 3 atom stereocenters. The molecule has 3 aliphatic rings. The summed E-state index contributed by atoms with van der Waals surface area (Å²) in [4.78, 5) is 10.0. The van der Waals surface area contributed by atoms with E-state index in [2.05, 4.69) is 115 Å². The molecule has 10 rings (SSSR count). The summed E-state index contributed by atoms with van der Waals surface area (Å²) in [7, 11) is 0. The number of ether oxygens (including phenoxy) is 1. The molecule has 2 aliphatic carbocycles. The van der Waals surface area contributed by atoms with E-state index in [9.17, 15) is 0 Å². The van der Waals surface area contributed by atoms with Crippen molar-refractivity contribution < 1.29 is 9.15 Å². The standard InChI is InChI=1S/C45H30N2O2/c1-3-14-29(15-4-1)38-28-39(30-16-5-2-6-17-30)47-44(46-38)42-27-26-40(48-42)33-20-13-24-37-43(33)49-41-25-12-11-23-36(41)45(37)34-21-9-7-18-31(34)32-19-8-10-22-35(32)45/h1-28,31,34H. The number of furan rings is 1. The van der Waals surface area contributed by atoms with Gasteiger partial charge in [0, 0.05) is 34.1 Å². The number of rotatable bonds is 4. The van der Waals surface area contributed by atoms with E-state index in [1.807, 2.05) is 54.6 Å². The van der Waals surface area contributed by atoms with Crippen LogP contribution in [0.2, 0.25) is 0 Å². The minimum atomic E-state index is -0.421. The average Bonchev–Trinajstić information content (AvgIpc) is 3.78. The van der Waals surface area contributed by atoms with Gasteiger partial charge in [0.15, 0.2) is 11.6 Å². The van der Waals surface area contributed by atoms with Gasteiger partial charge in [-0.25, -0.2) is 9.97 Å². The normalized spacial score (nSPS) is 19.5. The van der Waals surface area contributed by atoms with Crippen LogP contribution >= 0.6 is 0 Å². The lowest BCUT2D eigenvalue weighted by atomic mass is 9.61. The maximum absolute atomic E-state index is 6.88. The van der Waals surface area contributed by atoms with Crippen LogP contribution in [0.3, 0.4) is 0 Å². The first-order chi connectivity index (χ1) is 24.3. The summed E-state index contributed by atoms with van der Waals surface area (Å²) >= 11 is 0.